The van der Waals surface area contributed by atoms with Gasteiger partial charge in [-0.05, 0) is 50.6 Å². The van der Waals surface area contributed by atoms with Crippen LogP contribution in [0.2, 0.25) is 0 Å². The summed E-state index contributed by atoms with van der Waals surface area (Å²) >= 11 is 0. The number of nitrogens with zero attached hydrogens (tertiary/aromatic N) is 2. The first-order valence-corrected chi connectivity index (χ1v) is 7.88. The van der Waals surface area contributed by atoms with E-state index in [2.05, 4.69) is 23.2 Å². The van der Waals surface area contributed by atoms with Gasteiger partial charge >= 0.3 is 0 Å². The molecule has 0 aliphatic carbocycles. The van der Waals surface area contributed by atoms with Gasteiger partial charge in [-0.1, -0.05) is 13.3 Å². The van der Waals surface area contributed by atoms with Crippen molar-refractivity contribution in [1.29, 1.82) is 5.26 Å². The highest BCUT2D eigenvalue weighted by Crippen LogP contribution is 2.21. The van der Waals surface area contributed by atoms with E-state index in [0.29, 0.717) is 23.7 Å². The minimum Gasteiger partial charge on any atom is -0.315 e. The van der Waals surface area contributed by atoms with E-state index in [1.807, 2.05) is 0 Å². The Balaban J connectivity index is 2.03. The predicted molar refractivity (Wildman–Crippen MR) is 82.3 cm³/mol. The summed E-state index contributed by atoms with van der Waals surface area (Å²) in [5, 5.41) is 12.4. The van der Waals surface area contributed by atoms with Crippen LogP contribution < -0.4 is 5.32 Å². The molecule has 0 bridgehead atoms. The molecule has 0 aromatic heterocycles. The molecule has 1 aliphatic rings. The fourth-order valence-electron chi connectivity index (χ4n) is 2.93. The molecular formula is C17H24FN3. The Kier molecular flexibility index (Phi) is 6.16. The number of nitrogens with one attached hydrogen (secondary N) is 1. The molecule has 2 rings (SSSR count). The molecule has 0 radical (unpaired) electrons. The Morgan fingerprint density at radius 3 is 3.05 bits per heavy atom. The van der Waals surface area contributed by atoms with E-state index in [9.17, 15) is 4.39 Å². The SMILES string of the molecule is CCCNCC1CCCCN1Cc1cc(C#N)ccc1F. The van der Waals surface area contributed by atoms with Gasteiger partial charge in [-0.25, -0.2) is 4.39 Å². The lowest BCUT2D eigenvalue weighted by molar-refractivity contribution is 0.136. The van der Waals surface area contributed by atoms with Crippen molar-refractivity contribution in [2.24, 2.45) is 0 Å². The summed E-state index contributed by atoms with van der Waals surface area (Å²) in [6.07, 6.45) is 4.71. The molecule has 114 valence electrons. The minimum atomic E-state index is -0.208. The molecule has 1 aromatic rings. The maximum Gasteiger partial charge on any atom is 0.127 e. The quantitative estimate of drug-likeness (QED) is 0.818. The summed E-state index contributed by atoms with van der Waals surface area (Å²) in [5.74, 6) is -0.208. The molecule has 1 aliphatic heterocycles. The molecule has 1 saturated heterocycles. The van der Waals surface area contributed by atoms with Crippen LogP contribution in [0, 0.1) is 17.1 Å². The molecule has 1 heterocycles. The van der Waals surface area contributed by atoms with Crippen LogP contribution in [0.25, 0.3) is 0 Å². The van der Waals surface area contributed by atoms with Crippen LogP contribution in [0.4, 0.5) is 4.39 Å². The topological polar surface area (TPSA) is 39.1 Å². The standard InChI is InChI=1S/C17H24FN3/c1-2-8-20-12-16-5-3-4-9-21(16)13-15-10-14(11-19)6-7-17(15)18/h6-7,10,16,20H,2-5,8-9,12-13H2,1H3. The molecule has 4 heteroatoms. The van der Waals surface area contributed by atoms with E-state index in [-0.39, 0.29) is 5.82 Å². The van der Waals surface area contributed by atoms with Crippen molar-refractivity contribution in [2.75, 3.05) is 19.6 Å². The molecule has 1 unspecified atom stereocenters. The zero-order valence-electron chi connectivity index (χ0n) is 12.7. The summed E-state index contributed by atoms with van der Waals surface area (Å²) in [6.45, 7) is 5.76. The lowest BCUT2D eigenvalue weighted by Crippen LogP contribution is -2.45. The van der Waals surface area contributed by atoms with E-state index in [1.54, 1.807) is 6.07 Å². The molecule has 1 aromatic carbocycles. The second-order valence-electron chi connectivity index (χ2n) is 5.74. The lowest BCUT2D eigenvalue weighted by atomic mass is 10.0. The van der Waals surface area contributed by atoms with Crippen LogP contribution in [-0.2, 0) is 6.54 Å². The molecule has 21 heavy (non-hydrogen) atoms. The first-order chi connectivity index (χ1) is 10.2. The molecule has 0 amide bonds. The Labute approximate surface area is 126 Å². The van der Waals surface area contributed by atoms with Crippen LogP contribution in [0.3, 0.4) is 0 Å². The first kappa shape index (κ1) is 15.9. The summed E-state index contributed by atoms with van der Waals surface area (Å²) < 4.78 is 13.9. The van der Waals surface area contributed by atoms with Gasteiger partial charge in [-0.15, -0.1) is 0 Å². The maximum absolute atomic E-state index is 13.9. The van der Waals surface area contributed by atoms with Crippen molar-refractivity contribution in [3.05, 3.63) is 35.1 Å². The van der Waals surface area contributed by atoms with Gasteiger partial charge in [0.15, 0.2) is 0 Å². The smallest absolute Gasteiger partial charge is 0.127 e. The highest BCUT2D eigenvalue weighted by Gasteiger charge is 2.23. The third-order valence-corrected chi connectivity index (χ3v) is 4.10. The van der Waals surface area contributed by atoms with Crippen molar-refractivity contribution in [3.8, 4) is 6.07 Å². The van der Waals surface area contributed by atoms with Gasteiger partial charge in [0.25, 0.3) is 0 Å². The number of hydrogen-bond acceptors (Lipinski definition) is 3. The molecule has 3 nitrogen and oxygen atoms in total. The van der Waals surface area contributed by atoms with Gasteiger partial charge in [0.2, 0.25) is 0 Å². The average molecular weight is 289 g/mol. The molecular weight excluding hydrogens is 265 g/mol. The average Bonchev–Trinajstić information content (AvgIpc) is 2.51. The molecule has 1 N–H and O–H groups in total. The first-order valence-electron chi connectivity index (χ1n) is 7.88. The van der Waals surface area contributed by atoms with E-state index < -0.39 is 0 Å². The Morgan fingerprint density at radius 2 is 2.29 bits per heavy atom. The zero-order chi connectivity index (χ0) is 15.1. The second kappa shape index (κ2) is 8.11. The number of likely N-dealkylation sites (tertiary alicyclic amines) is 1. The van der Waals surface area contributed by atoms with Crippen molar-refractivity contribution in [1.82, 2.24) is 10.2 Å². The van der Waals surface area contributed by atoms with Gasteiger partial charge in [0, 0.05) is 24.7 Å². The number of rotatable bonds is 6. The predicted octanol–water partition coefficient (Wildman–Crippen LogP) is 3.05. The Bertz CT molecular complexity index is 495. The monoisotopic (exact) mass is 289 g/mol. The highest BCUT2D eigenvalue weighted by molar-refractivity contribution is 5.33. The summed E-state index contributed by atoms with van der Waals surface area (Å²) in [4.78, 5) is 2.35. The third kappa shape index (κ3) is 4.52. The normalized spacial score (nSPS) is 19.4. The van der Waals surface area contributed by atoms with Crippen LogP contribution >= 0.6 is 0 Å². The van der Waals surface area contributed by atoms with Crippen LogP contribution in [0.15, 0.2) is 18.2 Å². The number of halogens is 1. The van der Waals surface area contributed by atoms with E-state index in [1.165, 1.54) is 25.0 Å². The summed E-state index contributed by atoms with van der Waals surface area (Å²) in [6, 6.07) is 7.18. The van der Waals surface area contributed by atoms with Crippen LogP contribution in [0.5, 0.6) is 0 Å². The van der Waals surface area contributed by atoms with Crippen molar-refractivity contribution < 1.29 is 4.39 Å². The van der Waals surface area contributed by atoms with Crippen LogP contribution in [-0.4, -0.2) is 30.6 Å². The van der Waals surface area contributed by atoms with Crippen molar-refractivity contribution >= 4 is 0 Å². The summed E-state index contributed by atoms with van der Waals surface area (Å²) in [7, 11) is 0. The van der Waals surface area contributed by atoms with Gasteiger partial charge < -0.3 is 5.32 Å². The fourth-order valence-corrected chi connectivity index (χ4v) is 2.93. The molecule has 1 atom stereocenters. The maximum atomic E-state index is 13.9. The van der Waals surface area contributed by atoms with E-state index in [0.717, 1.165) is 32.5 Å². The van der Waals surface area contributed by atoms with Gasteiger partial charge in [-0.2, -0.15) is 5.26 Å². The molecule has 0 spiro atoms. The van der Waals surface area contributed by atoms with E-state index >= 15 is 0 Å². The molecule has 1 fully saturated rings. The number of benzene rings is 1. The Morgan fingerprint density at radius 1 is 1.43 bits per heavy atom. The number of nitriles is 1. The fraction of sp³-hybridized carbons (Fsp3) is 0.588. The third-order valence-electron chi connectivity index (χ3n) is 4.10. The van der Waals surface area contributed by atoms with Gasteiger partial charge in [0.05, 0.1) is 11.6 Å². The van der Waals surface area contributed by atoms with Crippen LogP contribution in [0.1, 0.15) is 43.7 Å². The van der Waals surface area contributed by atoms with Crippen molar-refractivity contribution in [3.63, 3.8) is 0 Å². The second-order valence-corrected chi connectivity index (χ2v) is 5.74. The number of hydrogen-bond donors (Lipinski definition) is 1. The Hall–Kier alpha value is -1.44. The zero-order valence-corrected chi connectivity index (χ0v) is 12.7. The highest BCUT2D eigenvalue weighted by atomic mass is 19.1. The van der Waals surface area contributed by atoms with Crippen molar-refractivity contribution in [2.45, 2.75) is 45.2 Å². The number of piperidine rings is 1. The molecule has 0 saturated carbocycles. The summed E-state index contributed by atoms with van der Waals surface area (Å²) in [5.41, 5.74) is 1.17. The lowest BCUT2D eigenvalue weighted by Gasteiger charge is -2.36. The largest absolute Gasteiger partial charge is 0.315 e. The minimum absolute atomic E-state index is 0.208. The van der Waals surface area contributed by atoms with Gasteiger partial charge in [0.1, 0.15) is 5.82 Å². The van der Waals surface area contributed by atoms with E-state index in [4.69, 9.17) is 5.26 Å². The van der Waals surface area contributed by atoms with Gasteiger partial charge in [-0.3, -0.25) is 4.90 Å².